The van der Waals surface area contributed by atoms with Gasteiger partial charge in [-0.3, -0.25) is 4.79 Å². The molecule has 0 unspecified atom stereocenters. The third-order valence-corrected chi connectivity index (χ3v) is 2.78. The zero-order chi connectivity index (χ0) is 12.3. The van der Waals surface area contributed by atoms with Crippen LogP contribution in [0.25, 0.3) is 0 Å². The average molecular weight is 237 g/mol. The molecular weight excluding hydrogens is 218 g/mol. The highest BCUT2D eigenvalue weighted by molar-refractivity contribution is 5.94. The number of carbonyl (C=O) groups is 1. The lowest BCUT2D eigenvalue weighted by Gasteiger charge is -2.26. The van der Waals surface area contributed by atoms with E-state index in [2.05, 4.69) is 5.32 Å². The summed E-state index contributed by atoms with van der Waals surface area (Å²) in [6.07, 6.45) is 1.56. The molecule has 5 nitrogen and oxygen atoms in total. The van der Waals surface area contributed by atoms with E-state index in [0.717, 1.165) is 38.5 Å². The average Bonchev–Trinajstić information content (AvgIpc) is 2.77. The Kier molecular flexibility index (Phi) is 3.81. The lowest BCUT2D eigenvalue weighted by Crippen LogP contribution is -2.46. The minimum Gasteiger partial charge on any atom is -0.467 e. The summed E-state index contributed by atoms with van der Waals surface area (Å²) in [6, 6.07) is 1.84. The van der Waals surface area contributed by atoms with Crippen LogP contribution in [-0.2, 0) is 6.54 Å². The summed E-state index contributed by atoms with van der Waals surface area (Å²) in [4.78, 5) is 16.0. The first-order valence-electron chi connectivity index (χ1n) is 5.89. The SMILES string of the molecule is CN(C)Cc1cc(C(=O)N2CCNCC2)co1. The van der Waals surface area contributed by atoms with Gasteiger partial charge in [0, 0.05) is 26.2 Å². The van der Waals surface area contributed by atoms with E-state index in [1.165, 1.54) is 0 Å². The van der Waals surface area contributed by atoms with Crippen LogP contribution < -0.4 is 5.32 Å². The van der Waals surface area contributed by atoms with Gasteiger partial charge in [0.05, 0.1) is 12.1 Å². The first kappa shape index (κ1) is 12.1. The van der Waals surface area contributed by atoms with Gasteiger partial charge in [0.2, 0.25) is 0 Å². The third kappa shape index (κ3) is 3.08. The minimum atomic E-state index is 0.0697. The molecule has 17 heavy (non-hydrogen) atoms. The fourth-order valence-corrected chi connectivity index (χ4v) is 1.94. The highest BCUT2D eigenvalue weighted by Crippen LogP contribution is 2.12. The van der Waals surface area contributed by atoms with Crippen LogP contribution in [0.1, 0.15) is 16.1 Å². The molecule has 1 aromatic heterocycles. The molecule has 1 N–H and O–H groups in total. The van der Waals surface area contributed by atoms with Gasteiger partial charge in [-0.25, -0.2) is 0 Å². The van der Waals surface area contributed by atoms with Gasteiger partial charge < -0.3 is 19.5 Å². The van der Waals surface area contributed by atoms with Gasteiger partial charge >= 0.3 is 0 Å². The van der Waals surface area contributed by atoms with E-state index in [9.17, 15) is 4.79 Å². The number of furan rings is 1. The van der Waals surface area contributed by atoms with Crippen molar-refractivity contribution in [2.24, 2.45) is 0 Å². The predicted octanol–water partition coefficient (Wildman–Crippen LogP) is 0.387. The number of piperazine rings is 1. The molecule has 1 aliphatic heterocycles. The number of amides is 1. The van der Waals surface area contributed by atoms with Crippen LogP contribution in [0.5, 0.6) is 0 Å². The Morgan fingerprint density at radius 3 is 2.82 bits per heavy atom. The van der Waals surface area contributed by atoms with Crippen molar-refractivity contribution in [1.29, 1.82) is 0 Å². The molecule has 94 valence electrons. The number of carbonyl (C=O) groups excluding carboxylic acids is 1. The summed E-state index contributed by atoms with van der Waals surface area (Å²) in [5.41, 5.74) is 0.656. The van der Waals surface area contributed by atoms with E-state index >= 15 is 0 Å². The number of nitrogens with zero attached hydrogens (tertiary/aromatic N) is 2. The normalized spacial score (nSPS) is 16.5. The van der Waals surface area contributed by atoms with Crippen molar-refractivity contribution in [3.8, 4) is 0 Å². The second-order valence-corrected chi connectivity index (χ2v) is 4.58. The van der Waals surface area contributed by atoms with Crippen molar-refractivity contribution in [1.82, 2.24) is 15.1 Å². The third-order valence-electron chi connectivity index (χ3n) is 2.78. The van der Waals surface area contributed by atoms with E-state index in [-0.39, 0.29) is 5.91 Å². The maximum Gasteiger partial charge on any atom is 0.257 e. The molecule has 2 rings (SSSR count). The summed E-state index contributed by atoms with van der Waals surface area (Å²) in [7, 11) is 3.95. The van der Waals surface area contributed by atoms with Gasteiger partial charge in [-0.15, -0.1) is 0 Å². The quantitative estimate of drug-likeness (QED) is 0.826. The van der Waals surface area contributed by atoms with Gasteiger partial charge in [-0.05, 0) is 20.2 Å². The van der Waals surface area contributed by atoms with Crippen molar-refractivity contribution in [3.05, 3.63) is 23.7 Å². The molecular formula is C12H19N3O2. The van der Waals surface area contributed by atoms with Gasteiger partial charge in [0.25, 0.3) is 5.91 Å². The molecule has 1 aromatic rings. The molecule has 0 saturated carbocycles. The molecule has 1 fully saturated rings. The van der Waals surface area contributed by atoms with Crippen LogP contribution in [0, 0.1) is 0 Å². The van der Waals surface area contributed by atoms with Crippen molar-refractivity contribution in [2.75, 3.05) is 40.3 Å². The molecule has 1 amide bonds. The summed E-state index contributed by atoms with van der Waals surface area (Å²) in [6.45, 7) is 4.00. The number of hydrogen-bond donors (Lipinski definition) is 1. The van der Waals surface area contributed by atoms with Gasteiger partial charge in [-0.2, -0.15) is 0 Å². The molecule has 0 aromatic carbocycles. The minimum absolute atomic E-state index is 0.0697. The molecule has 0 atom stereocenters. The predicted molar refractivity (Wildman–Crippen MR) is 64.9 cm³/mol. The van der Waals surface area contributed by atoms with E-state index in [1.807, 2.05) is 30.0 Å². The maximum absolute atomic E-state index is 12.1. The number of hydrogen-bond acceptors (Lipinski definition) is 4. The summed E-state index contributed by atoms with van der Waals surface area (Å²) >= 11 is 0. The first-order chi connectivity index (χ1) is 8.16. The van der Waals surface area contributed by atoms with Crippen LogP contribution in [0.4, 0.5) is 0 Å². The zero-order valence-corrected chi connectivity index (χ0v) is 10.4. The first-order valence-corrected chi connectivity index (χ1v) is 5.89. The number of nitrogens with one attached hydrogen (secondary N) is 1. The fourth-order valence-electron chi connectivity index (χ4n) is 1.94. The Morgan fingerprint density at radius 2 is 2.18 bits per heavy atom. The van der Waals surface area contributed by atoms with E-state index in [4.69, 9.17) is 4.42 Å². The van der Waals surface area contributed by atoms with Crippen LogP contribution in [0.15, 0.2) is 16.7 Å². The Morgan fingerprint density at radius 1 is 1.47 bits per heavy atom. The summed E-state index contributed by atoms with van der Waals surface area (Å²) < 4.78 is 5.38. The molecule has 0 radical (unpaired) electrons. The lowest BCUT2D eigenvalue weighted by atomic mass is 10.2. The molecule has 0 aliphatic carbocycles. The molecule has 0 spiro atoms. The van der Waals surface area contributed by atoms with Crippen molar-refractivity contribution in [3.63, 3.8) is 0 Å². The molecule has 2 heterocycles. The fraction of sp³-hybridized carbons (Fsp3) is 0.583. The summed E-state index contributed by atoms with van der Waals surface area (Å²) in [5.74, 6) is 0.897. The Balaban J connectivity index is 2.01. The van der Waals surface area contributed by atoms with Crippen LogP contribution in [-0.4, -0.2) is 56.0 Å². The monoisotopic (exact) mass is 237 g/mol. The van der Waals surface area contributed by atoms with Crippen LogP contribution in [0.3, 0.4) is 0 Å². The Bertz CT molecular complexity index is 381. The van der Waals surface area contributed by atoms with E-state index < -0.39 is 0 Å². The topological polar surface area (TPSA) is 48.7 Å². The van der Waals surface area contributed by atoms with E-state index in [0.29, 0.717) is 5.56 Å². The molecule has 1 saturated heterocycles. The van der Waals surface area contributed by atoms with Crippen molar-refractivity contribution < 1.29 is 9.21 Å². The molecule has 1 aliphatic rings. The zero-order valence-electron chi connectivity index (χ0n) is 10.4. The Labute approximate surface area is 101 Å². The van der Waals surface area contributed by atoms with Crippen molar-refractivity contribution in [2.45, 2.75) is 6.54 Å². The van der Waals surface area contributed by atoms with Gasteiger partial charge in [-0.1, -0.05) is 0 Å². The second kappa shape index (κ2) is 5.33. The van der Waals surface area contributed by atoms with Crippen molar-refractivity contribution >= 4 is 5.91 Å². The van der Waals surface area contributed by atoms with E-state index in [1.54, 1.807) is 6.26 Å². The highest BCUT2D eigenvalue weighted by atomic mass is 16.3. The second-order valence-electron chi connectivity index (χ2n) is 4.58. The highest BCUT2D eigenvalue weighted by Gasteiger charge is 2.19. The van der Waals surface area contributed by atoms with Crippen LogP contribution >= 0.6 is 0 Å². The summed E-state index contributed by atoms with van der Waals surface area (Å²) in [5, 5.41) is 3.23. The van der Waals surface area contributed by atoms with Gasteiger partial charge in [0.1, 0.15) is 12.0 Å². The standard InChI is InChI=1S/C12H19N3O2/c1-14(2)8-11-7-10(9-17-11)12(16)15-5-3-13-4-6-15/h7,9,13H,3-6,8H2,1-2H3. The Hall–Kier alpha value is -1.33. The largest absolute Gasteiger partial charge is 0.467 e. The lowest BCUT2D eigenvalue weighted by molar-refractivity contribution is 0.0735. The molecule has 0 bridgehead atoms. The molecule has 5 heteroatoms. The smallest absolute Gasteiger partial charge is 0.257 e. The number of rotatable bonds is 3. The maximum atomic E-state index is 12.1. The van der Waals surface area contributed by atoms with Crippen LogP contribution in [0.2, 0.25) is 0 Å². The van der Waals surface area contributed by atoms with Gasteiger partial charge in [0.15, 0.2) is 0 Å².